The summed E-state index contributed by atoms with van der Waals surface area (Å²) in [6.45, 7) is 4.62. The lowest BCUT2D eigenvalue weighted by Gasteiger charge is -2.40. The second-order valence-corrected chi connectivity index (χ2v) is 7.48. The van der Waals surface area contributed by atoms with Gasteiger partial charge in [0.05, 0.1) is 11.8 Å². The van der Waals surface area contributed by atoms with Crippen LogP contribution in [-0.2, 0) is 12.7 Å². The number of pyridine rings is 1. The summed E-state index contributed by atoms with van der Waals surface area (Å²) in [4.78, 5) is 19.5. The van der Waals surface area contributed by atoms with E-state index in [0.29, 0.717) is 43.5 Å². The third kappa shape index (κ3) is 4.41. The van der Waals surface area contributed by atoms with Crippen LogP contribution in [0.4, 0.5) is 19.0 Å². The van der Waals surface area contributed by atoms with Gasteiger partial charge in [0.1, 0.15) is 11.5 Å². The molecule has 1 aliphatic heterocycles. The van der Waals surface area contributed by atoms with E-state index in [1.54, 1.807) is 12.3 Å². The van der Waals surface area contributed by atoms with Crippen LogP contribution in [0, 0.1) is 0 Å². The zero-order valence-electron chi connectivity index (χ0n) is 16.7. The first-order valence-corrected chi connectivity index (χ1v) is 9.67. The van der Waals surface area contributed by atoms with Crippen molar-refractivity contribution in [2.75, 3.05) is 24.5 Å². The number of aromatic amines is 1. The Kier molecular flexibility index (Phi) is 5.44. The second-order valence-electron chi connectivity index (χ2n) is 7.48. The first-order valence-electron chi connectivity index (χ1n) is 9.67. The lowest BCUT2D eigenvalue weighted by molar-refractivity contribution is -0.137. The lowest BCUT2D eigenvalue weighted by Crippen LogP contribution is -2.51. The molecule has 1 saturated heterocycles. The van der Waals surface area contributed by atoms with Crippen LogP contribution in [0.5, 0.6) is 0 Å². The molecule has 3 aromatic rings. The minimum atomic E-state index is -4.40. The van der Waals surface area contributed by atoms with Crippen molar-refractivity contribution in [3.63, 3.8) is 0 Å². The van der Waals surface area contributed by atoms with Crippen molar-refractivity contribution in [1.29, 1.82) is 0 Å². The van der Waals surface area contributed by atoms with Gasteiger partial charge in [0.2, 0.25) is 0 Å². The smallest absolute Gasteiger partial charge is 0.417 e. The van der Waals surface area contributed by atoms with Crippen molar-refractivity contribution in [3.05, 3.63) is 53.5 Å². The Bertz CT molecular complexity index is 1060. The van der Waals surface area contributed by atoms with Gasteiger partial charge >= 0.3 is 6.18 Å². The van der Waals surface area contributed by atoms with E-state index in [9.17, 15) is 18.0 Å². The zero-order valence-corrected chi connectivity index (χ0v) is 16.7. The van der Waals surface area contributed by atoms with Crippen LogP contribution in [0.3, 0.4) is 0 Å². The number of carbonyl (C=O) groups excluding carboxylic acids is 1. The largest absolute Gasteiger partial charge is 0.449 e. The molecule has 164 valence electrons. The number of H-pyrrole nitrogens is 1. The Hall–Kier alpha value is -3.34. The van der Waals surface area contributed by atoms with Crippen LogP contribution in [0.15, 0.2) is 41.1 Å². The summed E-state index contributed by atoms with van der Waals surface area (Å²) < 4.78 is 43.8. The van der Waals surface area contributed by atoms with Crippen molar-refractivity contribution < 1.29 is 22.4 Å². The Balaban J connectivity index is 1.42. The molecule has 0 radical (unpaired) electrons. The van der Waals surface area contributed by atoms with Gasteiger partial charge in [-0.3, -0.25) is 14.8 Å². The van der Waals surface area contributed by atoms with Gasteiger partial charge in [-0.15, -0.1) is 0 Å². The predicted molar refractivity (Wildman–Crippen MR) is 106 cm³/mol. The number of piperazine rings is 1. The van der Waals surface area contributed by atoms with Gasteiger partial charge in [-0.1, -0.05) is 0 Å². The summed E-state index contributed by atoms with van der Waals surface area (Å²) in [6, 6.07) is 5.70. The fraction of sp³-hybridized carbons (Fsp3) is 0.350. The third-order valence-corrected chi connectivity index (χ3v) is 5.29. The van der Waals surface area contributed by atoms with E-state index in [1.807, 2.05) is 11.8 Å². The summed E-state index contributed by atoms with van der Waals surface area (Å²) in [6.07, 6.45) is -1.82. The Morgan fingerprint density at radius 1 is 1.26 bits per heavy atom. The van der Waals surface area contributed by atoms with Gasteiger partial charge in [0, 0.05) is 44.0 Å². The number of carbonyl (C=O) groups is 1. The van der Waals surface area contributed by atoms with E-state index >= 15 is 0 Å². The summed E-state index contributed by atoms with van der Waals surface area (Å²) in [7, 11) is 0. The molecule has 1 aliphatic rings. The van der Waals surface area contributed by atoms with Crippen molar-refractivity contribution in [3.8, 4) is 11.5 Å². The molecule has 0 spiro atoms. The number of anilines is 1. The molecule has 0 aromatic carbocycles. The number of amides is 1. The number of primary amides is 1. The molecule has 0 bridgehead atoms. The number of alkyl halides is 3. The van der Waals surface area contributed by atoms with Crippen molar-refractivity contribution in [2.45, 2.75) is 25.7 Å². The van der Waals surface area contributed by atoms with Crippen molar-refractivity contribution in [2.24, 2.45) is 5.73 Å². The summed E-state index contributed by atoms with van der Waals surface area (Å²) in [5.41, 5.74) is 6.06. The fourth-order valence-corrected chi connectivity index (χ4v) is 3.73. The number of aromatic nitrogens is 3. The summed E-state index contributed by atoms with van der Waals surface area (Å²) in [5.74, 6) is 0.427. The van der Waals surface area contributed by atoms with E-state index in [-0.39, 0.29) is 11.8 Å². The second kappa shape index (κ2) is 8.06. The van der Waals surface area contributed by atoms with Gasteiger partial charge in [0.15, 0.2) is 11.5 Å². The van der Waals surface area contributed by atoms with Crippen molar-refractivity contribution in [1.82, 2.24) is 20.1 Å². The quantitative estimate of drug-likeness (QED) is 0.640. The van der Waals surface area contributed by atoms with E-state index in [4.69, 9.17) is 10.2 Å². The maximum Gasteiger partial charge on any atom is 0.417 e. The number of nitrogens with zero attached hydrogens (tertiary/aromatic N) is 4. The first kappa shape index (κ1) is 20.9. The van der Waals surface area contributed by atoms with Crippen LogP contribution in [0.25, 0.3) is 11.5 Å². The average Bonchev–Trinajstić information content (AvgIpc) is 3.37. The van der Waals surface area contributed by atoms with Gasteiger partial charge in [-0.2, -0.15) is 18.3 Å². The van der Waals surface area contributed by atoms with E-state index in [1.165, 1.54) is 12.1 Å². The highest BCUT2D eigenvalue weighted by molar-refractivity contribution is 5.90. The topological polar surface area (TPSA) is 104 Å². The minimum absolute atomic E-state index is 0.0541. The number of halogens is 3. The third-order valence-electron chi connectivity index (χ3n) is 5.29. The summed E-state index contributed by atoms with van der Waals surface area (Å²) in [5, 5.41) is 6.98. The lowest BCUT2D eigenvalue weighted by atomic mass is 10.1. The number of nitrogens with one attached hydrogen (secondary N) is 1. The fourth-order valence-electron chi connectivity index (χ4n) is 3.73. The van der Waals surface area contributed by atoms with E-state index < -0.39 is 17.6 Å². The maximum absolute atomic E-state index is 12.8. The molecular weight excluding hydrogens is 413 g/mol. The van der Waals surface area contributed by atoms with Gasteiger partial charge in [-0.05, 0) is 31.2 Å². The highest BCUT2D eigenvalue weighted by Gasteiger charge is 2.32. The number of hydrogen-bond acceptors (Lipinski definition) is 6. The van der Waals surface area contributed by atoms with E-state index in [2.05, 4.69) is 20.1 Å². The molecule has 1 amide bonds. The number of hydrogen-bond donors (Lipinski definition) is 2. The molecule has 1 fully saturated rings. The van der Waals surface area contributed by atoms with Gasteiger partial charge in [-0.25, -0.2) is 4.98 Å². The molecule has 4 rings (SSSR count). The minimum Gasteiger partial charge on any atom is -0.449 e. The van der Waals surface area contributed by atoms with Crippen molar-refractivity contribution >= 4 is 11.7 Å². The maximum atomic E-state index is 12.8. The van der Waals surface area contributed by atoms with E-state index in [0.717, 1.165) is 17.8 Å². The first-order chi connectivity index (χ1) is 14.7. The predicted octanol–water partition coefficient (Wildman–Crippen LogP) is 2.89. The molecule has 3 aromatic heterocycles. The Labute approximate surface area is 175 Å². The standard InChI is InChI=1S/C20H21F3N6O2/c1-12-10-28(6-7-29(12)17-5-2-14(9-25-17)20(21,22)23)11-13-8-26-27-18(13)15-3-4-16(31-15)19(24)30/h2-5,8-9,12H,6-7,10-11H2,1H3,(H2,24,30)(H,26,27)/t12-/m1/s1. The van der Waals surface area contributed by atoms with Gasteiger partial charge in [0.25, 0.3) is 5.91 Å². The van der Waals surface area contributed by atoms with Crippen LogP contribution in [-0.4, -0.2) is 51.7 Å². The number of nitrogens with two attached hydrogens (primary N) is 1. The van der Waals surface area contributed by atoms with Crippen LogP contribution in [0.2, 0.25) is 0 Å². The molecule has 11 heteroatoms. The molecule has 31 heavy (non-hydrogen) atoms. The Morgan fingerprint density at radius 3 is 2.68 bits per heavy atom. The molecule has 3 N–H and O–H groups in total. The molecule has 4 heterocycles. The van der Waals surface area contributed by atoms with Crippen LogP contribution >= 0.6 is 0 Å². The van der Waals surface area contributed by atoms with Crippen LogP contribution in [0.1, 0.15) is 28.6 Å². The molecular formula is C20H21F3N6O2. The normalized spacial score (nSPS) is 17.8. The SMILES string of the molecule is C[C@@H]1CN(Cc2cn[nH]c2-c2ccc(C(N)=O)o2)CCN1c1ccc(C(F)(F)F)cn1. The molecule has 0 unspecified atom stereocenters. The number of rotatable bonds is 5. The molecule has 1 atom stereocenters. The Morgan fingerprint density at radius 2 is 2.06 bits per heavy atom. The molecule has 8 nitrogen and oxygen atoms in total. The zero-order chi connectivity index (χ0) is 22.2. The monoisotopic (exact) mass is 434 g/mol. The highest BCUT2D eigenvalue weighted by Crippen LogP contribution is 2.30. The van der Waals surface area contributed by atoms with Crippen LogP contribution < -0.4 is 10.6 Å². The summed E-state index contributed by atoms with van der Waals surface area (Å²) >= 11 is 0. The van der Waals surface area contributed by atoms with Gasteiger partial charge < -0.3 is 15.1 Å². The molecule has 0 aliphatic carbocycles. The highest BCUT2D eigenvalue weighted by atomic mass is 19.4. The average molecular weight is 434 g/mol. The number of furan rings is 1. The molecule has 0 saturated carbocycles.